The van der Waals surface area contributed by atoms with Crippen molar-refractivity contribution in [3.63, 3.8) is 0 Å². The molecule has 0 spiro atoms. The van der Waals surface area contributed by atoms with E-state index in [0.29, 0.717) is 11.2 Å². The number of hydrogen-bond donors (Lipinski definition) is 1. The summed E-state index contributed by atoms with van der Waals surface area (Å²) in [6.07, 6.45) is 5.72. The van der Waals surface area contributed by atoms with Crippen LogP contribution in [0.25, 0.3) is 16.8 Å². The predicted molar refractivity (Wildman–Crippen MR) is 119 cm³/mol. The van der Waals surface area contributed by atoms with E-state index in [4.69, 9.17) is 0 Å². The van der Waals surface area contributed by atoms with E-state index in [2.05, 4.69) is 40.6 Å². The molecule has 0 aliphatic heterocycles. The van der Waals surface area contributed by atoms with Crippen LogP contribution in [0.4, 0.5) is 5.69 Å². The van der Waals surface area contributed by atoms with Gasteiger partial charge in [0.15, 0.2) is 0 Å². The van der Waals surface area contributed by atoms with Crippen LogP contribution >= 0.6 is 0 Å². The van der Waals surface area contributed by atoms with Crippen molar-refractivity contribution in [1.82, 2.24) is 19.4 Å². The van der Waals surface area contributed by atoms with Crippen LogP contribution in [0.15, 0.2) is 59.7 Å². The van der Waals surface area contributed by atoms with Crippen LogP contribution in [-0.4, -0.2) is 25.3 Å². The van der Waals surface area contributed by atoms with Crippen LogP contribution in [0.1, 0.15) is 30.0 Å². The van der Waals surface area contributed by atoms with Gasteiger partial charge in [0.05, 0.1) is 5.69 Å². The molecule has 156 valence electrons. The molecule has 1 N–H and O–H groups in total. The number of hydrogen-bond acceptors (Lipinski definition) is 4. The highest BCUT2D eigenvalue weighted by Crippen LogP contribution is 2.25. The molecule has 0 radical (unpaired) electrons. The van der Waals surface area contributed by atoms with Gasteiger partial charge in [-0.05, 0) is 60.6 Å². The van der Waals surface area contributed by atoms with Crippen molar-refractivity contribution in [2.45, 2.75) is 39.2 Å². The third-order valence-corrected chi connectivity index (χ3v) is 5.82. The molecule has 0 bridgehead atoms. The van der Waals surface area contributed by atoms with E-state index in [1.54, 1.807) is 6.07 Å². The molecule has 0 saturated heterocycles. The van der Waals surface area contributed by atoms with E-state index in [1.807, 2.05) is 24.3 Å². The van der Waals surface area contributed by atoms with Crippen LogP contribution in [0.5, 0.6) is 0 Å². The van der Waals surface area contributed by atoms with Gasteiger partial charge < -0.3 is 5.32 Å². The first-order valence-corrected chi connectivity index (χ1v) is 10.6. The lowest BCUT2D eigenvalue weighted by Gasteiger charge is -2.08. The van der Waals surface area contributed by atoms with Crippen LogP contribution in [0, 0.1) is 0 Å². The minimum atomic E-state index is -0.351. The van der Waals surface area contributed by atoms with Gasteiger partial charge in [0, 0.05) is 11.3 Å². The summed E-state index contributed by atoms with van der Waals surface area (Å²) in [6.45, 7) is 1.95. The number of rotatable bonds is 5. The standard InChI is InChI=1S/C24H23N5O2/c1-2-16-6-8-18(9-7-16)21-13-22-24(31)28(25-15-29(22)27-21)14-23(30)26-20-11-10-17-4-3-5-19(17)12-20/h6-13,15H,2-5,14H2,1H3,(H,26,30). The molecule has 0 fully saturated rings. The fraction of sp³-hybridized carbons (Fsp3) is 0.250. The fourth-order valence-electron chi connectivity index (χ4n) is 4.09. The molecule has 0 unspecified atom stereocenters. The maximum Gasteiger partial charge on any atom is 0.293 e. The van der Waals surface area contributed by atoms with Gasteiger partial charge in [-0.1, -0.05) is 37.3 Å². The summed E-state index contributed by atoms with van der Waals surface area (Å²) in [5.41, 5.74) is 6.29. The highest BCUT2D eigenvalue weighted by molar-refractivity contribution is 5.90. The molecule has 7 nitrogen and oxygen atoms in total. The van der Waals surface area contributed by atoms with Crippen molar-refractivity contribution in [2.75, 3.05) is 5.32 Å². The summed E-state index contributed by atoms with van der Waals surface area (Å²) in [7, 11) is 0. The Hall–Kier alpha value is -3.74. The number of nitrogens with zero attached hydrogens (tertiary/aromatic N) is 4. The third-order valence-electron chi connectivity index (χ3n) is 5.82. The molecule has 5 rings (SSSR count). The lowest BCUT2D eigenvalue weighted by atomic mass is 10.1. The van der Waals surface area contributed by atoms with E-state index in [0.717, 1.165) is 36.9 Å². The minimum absolute atomic E-state index is 0.155. The number of benzene rings is 2. The van der Waals surface area contributed by atoms with Crippen LogP contribution < -0.4 is 10.9 Å². The summed E-state index contributed by atoms with van der Waals surface area (Å²) in [5, 5.41) is 11.5. The van der Waals surface area contributed by atoms with Crippen LogP contribution in [0.2, 0.25) is 0 Å². The van der Waals surface area contributed by atoms with E-state index >= 15 is 0 Å². The van der Waals surface area contributed by atoms with Crippen molar-refractivity contribution in [3.8, 4) is 11.3 Å². The van der Waals surface area contributed by atoms with Crippen LogP contribution in [-0.2, 0) is 30.6 Å². The Morgan fingerprint density at radius 3 is 2.68 bits per heavy atom. The van der Waals surface area contributed by atoms with Gasteiger partial charge in [0.25, 0.3) is 5.56 Å². The molecule has 31 heavy (non-hydrogen) atoms. The van der Waals surface area contributed by atoms with Gasteiger partial charge in [0.2, 0.25) is 5.91 Å². The molecular weight excluding hydrogens is 390 g/mol. The number of fused-ring (bicyclic) bond motifs is 2. The first-order valence-electron chi connectivity index (χ1n) is 10.6. The van der Waals surface area contributed by atoms with Gasteiger partial charge in [-0.25, -0.2) is 9.20 Å². The largest absolute Gasteiger partial charge is 0.324 e. The van der Waals surface area contributed by atoms with E-state index in [1.165, 1.54) is 32.2 Å². The number of carbonyl (C=O) groups is 1. The number of anilines is 1. The van der Waals surface area contributed by atoms with Crippen LogP contribution in [0.3, 0.4) is 0 Å². The quantitative estimate of drug-likeness (QED) is 0.545. The lowest BCUT2D eigenvalue weighted by molar-refractivity contribution is -0.117. The smallest absolute Gasteiger partial charge is 0.293 e. The zero-order valence-corrected chi connectivity index (χ0v) is 17.3. The summed E-state index contributed by atoms with van der Waals surface area (Å²) in [5.74, 6) is -0.285. The molecular formula is C24H23N5O2. The Labute approximate surface area is 179 Å². The summed E-state index contributed by atoms with van der Waals surface area (Å²) >= 11 is 0. The van der Waals surface area contributed by atoms with E-state index < -0.39 is 0 Å². The number of amides is 1. The Morgan fingerprint density at radius 2 is 1.87 bits per heavy atom. The van der Waals surface area contributed by atoms with E-state index in [-0.39, 0.29) is 18.0 Å². The molecule has 1 aliphatic rings. The molecule has 7 heteroatoms. The number of nitrogens with one attached hydrogen (secondary N) is 1. The average Bonchev–Trinajstić information content (AvgIpc) is 3.43. The predicted octanol–water partition coefficient (Wildman–Crippen LogP) is 3.25. The summed E-state index contributed by atoms with van der Waals surface area (Å²) < 4.78 is 2.63. The summed E-state index contributed by atoms with van der Waals surface area (Å²) in [4.78, 5) is 25.4. The van der Waals surface area contributed by atoms with Gasteiger partial charge in [-0.15, -0.1) is 0 Å². The van der Waals surface area contributed by atoms with Crippen molar-refractivity contribution in [2.24, 2.45) is 0 Å². The molecule has 2 aromatic heterocycles. The molecule has 0 saturated carbocycles. The number of aryl methyl sites for hydroxylation is 3. The number of aromatic nitrogens is 4. The second-order valence-corrected chi connectivity index (χ2v) is 7.89. The highest BCUT2D eigenvalue weighted by Gasteiger charge is 2.14. The monoisotopic (exact) mass is 413 g/mol. The Morgan fingerprint density at radius 1 is 1.06 bits per heavy atom. The fourth-order valence-corrected chi connectivity index (χ4v) is 4.09. The van der Waals surface area contributed by atoms with Gasteiger partial charge >= 0.3 is 0 Å². The van der Waals surface area contributed by atoms with Crippen molar-refractivity contribution in [1.29, 1.82) is 0 Å². The first-order chi connectivity index (χ1) is 15.1. The lowest BCUT2D eigenvalue weighted by Crippen LogP contribution is -2.30. The van der Waals surface area contributed by atoms with Gasteiger partial charge in [0.1, 0.15) is 18.4 Å². The molecule has 1 aliphatic carbocycles. The third kappa shape index (κ3) is 3.74. The second kappa shape index (κ2) is 7.83. The van der Waals surface area contributed by atoms with E-state index in [9.17, 15) is 9.59 Å². The van der Waals surface area contributed by atoms with Gasteiger partial charge in [-0.3, -0.25) is 9.59 Å². The SMILES string of the molecule is CCc1ccc(-c2cc3c(=O)n(CC(=O)Nc4ccc5c(c4)CCC5)ncn3n2)cc1. The topological polar surface area (TPSA) is 81.3 Å². The van der Waals surface area contributed by atoms with Crippen molar-refractivity contribution in [3.05, 3.63) is 81.9 Å². The molecule has 1 amide bonds. The highest BCUT2D eigenvalue weighted by atomic mass is 16.2. The Bertz CT molecular complexity index is 1330. The summed E-state index contributed by atoms with van der Waals surface area (Å²) in [6, 6.07) is 15.8. The molecule has 4 aromatic rings. The normalized spacial score (nSPS) is 12.8. The molecule has 2 aromatic carbocycles. The maximum atomic E-state index is 12.9. The Kier molecular flexibility index (Phi) is 4.86. The second-order valence-electron chi connectivity index (χ2n) is 7.89. The zero-order valence-electron chi connectivity index (χ0n) is 17.3. The van der Waals surface area contributed by atoms with Gasteiger partial charge in [-0.2, -0.15) is 10.2 Å². The maximum absolute atomic E-state index is 12.9. The first kappa shape index (κ1) is 19.2. The van der Waals surface area contributed by atoms with Crippen molar-refractivity contribution < 1.29 is 4.79 Å². The zero-order chi connectivity index (χ0) is 21.4. The van der Waals surface area contributed by atoms with Crippen molar-refractivity contribution >= 4 is 17.1 Å². The molecule has 0 atom stereocenters. The minimum Gasteiger partial charge on any atom is -0.324 e. The number of carbonyl (C=O) groups excluding carboxylic acids is 1. The molecule has 2 heterocycles. The Balaban J connectivity index is 1.36. The average molecular weight is 413 g/mol.